The Balaban J connectivity index is 1.89. The van der Waals surface area contributed by atoms with E-state index in [-0.39, 0.29) is 11.5 Å². The Hall–Kier alpha value is -1.42. The lowest BCUT2D eigenvalue weighted by atomic mass is 9.86. The Labute approximate surface area is 162 Å². The second kappa shape index (κ2) is 8.08. The molecule has 0 bridgehead atoms. The highest BCUT2D eigenvalue weighted by molar-refractivity contribution is 6.30. The molecule has 0 aromatic heterocycles. The van der Waals surface area contributed by atoms with Crippen LogP contribution in [0.2, 0.25) is 5.02 Å². The summed E-state index contributed by atoms with van der Waals surface area (Å²) in [4.78, 5) is 13.9. The molecule has 1 aromatic carbocycles. The number of halogens is 1. The standard InChI is InChI=1S/C21H32ClNO3/c1-20(2,3)17-13-16(22)7-8-18(17)25-14-15-9-11-23(12-10-15)19(24)26-21(4,5)6/h7-8,13,15H,9-12,14H2,1-6H3. The van der Waals surface area contributed by atoms with Crippen molar-refractivity contribution in [2.75, 3.05) is 19.7 Å². The van der Waals surface area contributed by atoms with Gasteiger partial charge in [-0.25, -0.2) is 4.79 Å². The molecule has 146 valence electrons. The van der Waals surface area contributed by atoms with Crippen molar-refractivity contribution in [3.05, 3.63) is 28.8 Å². The number of hydrogen-bond acceptors (Lipinski definition) is 3. The van der Waals surface area contributed by atoms with Gasteiger partial charge in [-0.2, -0.15) is 0 Å². The van der Waals surface area contributed by atoms with Gasteiger partial charge in [0.1, 0.15) is 11.4 Å². The maximum Gasteiger partial charge on any atom is 0.410 e. The van der Waals surface area contributed by atoms with Crippen molar-refractivity contribution in [1.82, 2.24) is 4.90 Å². The second-order valence-corrected chi connectivity index (χ2v) is 9.55. The van der Waals surface area contributed by atoms with Crippen molar-refractivity contribution in [3.63, 3.8) is 0 Å². The summed E-state index contributed by atoms with van der Waals surface area (Å²) in [6.07, 6.45) is 1.64. The third-order valence-corrected chi connectivity index (χ3v) is 4.73. The fraction of sp³-hybridized carbons (Fsp3) is 0.667. The molecule has 1 aromatic rings. The Morgan fingerprint density at radius 1 is 1.15 bits per heavy atom. The van der Waals surface area contributed by atoms with E-state index in [1.54, 1.807) is 4.90 Å². The average Bonchev–Trinajstić information content (AvgIpc) is 2.51. The van der Waals surface area contributed by atoms with E-state index in [1.165, 1.54) is 0 Å². The Morgan fingerprint density at radius 3 is 2.31 bits per heavy atom. The Kier molecular flexibility index (Phi) is 6.49. The number of benzene rings is 1. The lowest BCUT2D eigenvalue weighted by Gasteiger charge is -2.33. The molecule has 0 unspecified atom stereocenters. The summed E-state index contributed by atoms with van der Waals surface area (Å²) >= 11 is 6.16. The van der Waals surface area contributed by atoms with Crippen molar-refractivity contribution in [2.45, 2.75) is 65.4 Å². The molecule has 1 fully saturated rings. The molecule has 1 saturated heterocycles. The van der Waals surface area contributed by atoms with Gasteiger partial charge in [-0.05, 0) is 63.1 Å². The minimum atomic E-state index is -0.449. The lowest BCUT2D eigenvalue weighted by molar-refractivity contribution is 0.0164. The highest BCUT2D eigenvalue weighted by atomic mass is 35.5. The summed E-state index contributed by atoms with van der Waals surface area (Å²) in [5.41, 5.74) is 0.645. The van der Waals surface area contributed by atoms with Gasteiger partial charge in [0.05, 0.1) is 6.61 Å². The lowest BCUT2D eigenvalue weighted by Crippen LogP contribution is -2.42. The molecule has 2 rings (SSSR count). The van der Waals surface area contributed by atoms with Crippen molar-refractivity contribution in [1.29, 1.82) is 0 Å². The van der Waals surface area contributed by atoms with E-state index in [0.717, 1.165) is 42.3 Å². The van der Waals surface area contributed by atoms with E-state index in [4.69, 9.17) is 21.1 Å². The van der Waals surface area contributed by atoms with Crippen molar-refractivity contribution >= 4 is 17.7 Å². The van der Waals surface area contributed by atoms with Gasteiger partial charge in [0.15, 0.2) is 0 Å². The van der Waals surface area contributed by atoms with E-state index in [1.807, 2.05) is 39.0 Å². The first-order valence-corrected chi connectivity index (χ1v) is 9.74. The van der Waals surface area contributed by atoms with Gasteiger partial charge in [0.2, 0.25) is 0 Å². The molecule has 1 aliphatic rings. The van der Waals surface area contributed by atoms with Crippen LogP contribution in [0.25, 0.3) is 0 Å². The van der Waals surface area contributed by atoms with Gasteiger partial charge in [-0.3, -0.25) is 0 Å². The van der Waals surface area contributed by atoms with Gasteiger partial charge >= 0.3 is 6.09 Å². The molecule has 0 saturated carbocycles. The molecule has 4 nitrogen and oxygen atoms in total. The highest BCUT2D eigenvalue weighted by Crippen LogP contribution is 2.34. The van der Waals surface area contributed by atoms with E-state index in [9.17, 15) is 4.79 Å². The second-order valence-electron chi connectivity index (χ2n) is 9.11. The van der Waals surface area contributed by atoms with E-state index >= 15 is 0 Å². The number of ether oxygens (including phenoxy) is 2. The maximum absolute atomic E-state index is 12.1. The quantitative estimate of drug-likeness (QED) is 0.677. The summed E-state index contributed by atoms with van der Waals surface area (Å²) in [6.45, 7) is 14.2. The molecule has 26 heavy (non-hydrogen) atoms. The van der Waals surface area contributed by atoms with Crippen LogP contribution in [0.4, 0.5) is 4.79 Å². The van der Waals surface area contributed by atoms with Crippen molar-refractivity contribution < 1.29 is 14.3 Å². The van der Waals surface area contributed by atoms with Crippen LogP contribution in [-0.4, -0.2) is 36.3 Å². The fourth-order valence-electron chi connectivity index (χ4n) is 3.03. The normalized spacial score (nSPS) is 16.5. The summed E-state index contributed by atoms with van der Waals surface area (Å²) in [7, 11) is 0. The number of hydrogen-bond donors (Lipinski definition) is 0. The molecule has 1 heterocycles. The fourth-order valence-corrected chi connectivity index (χ4v) is 3.20. The van der Waals surface area contributed by atoms with Crippen molar-refractivity contribution in [2.24, 2.45) is 5.92 Å². The van der Waals surface area contributed by atoms with Crippen LogP contribution in [0.5, 0.6) is 5.75 Å². The van der Waals surface area contributed by atoms with Crippen LogP contribution < -0.4 is 4.74 Å². The first-order chi connectivity index (χ1) is 12.0. The smallest absolute Gasteiger partial charge is 0.410 e. The maximum atomic E-state index is 12.1. The zero-order valence-corrected chi connectivity index (χ0v) is 17.7. The van der Waals surface area contributed by atoms with Gasteiger partial charge in [-0.1, -0.05) is 32.4 Å². The van der Waals surface area contributed by atoms with E-state index in [0.29, 0.717) is 12.5 Å². The summed E-state index contributed by atoms with van der Waals surface area (Å²) in [5.74, 6) is 1.34. The van der Waals surface area contributed by atoms with Gasteiger partial charge in [-0.15, -0.1) is 0 Å². The highest BCUT2D eigenvalue weighted by Gasteiger charge is 2.27. The van der Waals surface area contributed by atoms with E-state index < -0.39 is 5.60 Å². The number of likely N-dealkylation sites (tertiary alicyclic amines) is 1. The molecule has 0 radical (unpaired) electrons. The molecule has 0 spiro atoms. The first-order valence-electron chi connectivity index (χ1n) is 9.36. The predicted octanol–water partition coefficient (Wildman–Crippen LogP) is 5.66. The Bertz CT molecular complexity index is 623. The predicted molar refractivity (Wildman–Crippen MR) is 106 cm³/mol. The molecule has 1 amide bonds. The molecular formula is C21H32ClNO3. The molecule has 0 aliphatic carbocycles. The average molecular weight is 382 g/mol. The summed E-state index contributed by atoms with van der Waals surface area (Å²) in [6, 6.07) is 5.82. The van der Waals surface area contributed by atoms with Crippen LogP contribution >= 0.6 is 11.6 Å². The van der Waals surface area contributed by atoms with Crippen LogP contribution in [0.15, 0.2) is 18.2 Å². The van der Waals surface area contributed by atoms with Crippen molar-refractivity contribution in [3.8, 4) is 5.75 Å². The van der Waals surface area contributed by atoms with Gasteiger partial charge in [0, 0.05) is 23.7 Å². The van der Waals surface area contributed by atoms with Crippen LogP contribution in [0.3, 0.4) is 0 Å². The molecule has 0 N–H and O–H groups in total. The zero-order chi connectivity index (χ0) is 19.5. The topological polar surface area (TPSA) is 38.8 Å². The third kappa shape index (κ3) is 6.08. The van der Waals surface area contributed by atoms with Crippen LogP contribution in [0, 0.1) is 5.92 Å². The summed E-state index contributed by atoms with van der Waals surface area (Å²) in [5, 5.41) is 0.730. The number of nitrogens with zero attached hydrogens (tertiary/aromatic N) is 1. The molecule has 0 atom stereocenters. The third-order valence-electron chi connectivity index (χ3n) is 4.49. The first kappa shape index (κ1) is 20.9. The molecule has 1 aliphatic heterocycles. The summed E-state index contributed by atoms with van der Waals surface area (Å²) < 4.78 is 11.6. The number of carbonyl (C=O) groups is 1. The molecule has 5 heteroatoms. The molecular weight excluding hydrogens is 350 g/mol. The van der Waals surface area contributed by atoms with Gasteiger partial charge < -0.3 is 14.4 Å². The monoisotopic (exact) mass is 381 g/mol. The van der Waals surface area contributed by atoms with E-state index in [2.05, 4.69) is 20.8 Å². The zero-order valence-electron chi connectivity index (χ0n) is 16.9. The number of rotatable bonds is 3. The number of piperidine rings is 1. The largest absolute Gasteiger partial charge is 0.493 e. The van der Waals surface area contributed by atoms with Crippen LogP contribution in [0.1, 0.15) is 59.9 Å². The van der Waals surface area contributed by atoms with Gasteiger partial charge in [0.25, 0.3) is 0 Å². The number of carbonyl (C=O) groups excluding carboxylic acids is 1. The minimum Gasteiger partial charge on any atom is -0.493 e. The Morgan fingerprint density at radius 2 is 1.77 bits per heavy atom. The number of amides is 1. The SMILES string of the molecule is CC(C)(C)OC(=O)N1CCC(COc2ccc(Cl)cc2C(C)(C)C)CC1. The van der Waals surface area contributed by atoms with Crippen LogP contribution in [-0.2, 0) is 10.2 Å². The minimum absolute atomic E-state index is 0.0275.